The lowest BCUT2D eigenvalue weighted by atomic mass is 10.0. The minimum Gasteiger partial charge on any atom is -0.229 e. The summed E-state index contributed by atoms with van der Waals surface area (Å²) in [5.41, 5.74) is 0. The Hall–Kier alpha value is -0.0500. The Labute approximate surface area is 62.5 Å². The summed E-state index contributed by atoms with van der Waals surface area (Å²) in [4.78, 5) is 0. The quantitative estimate of drug-likeness (QED) is 0.578. The zero-order valence-electron chi connectivity index (χ0n) is 6.21. The normalized spacial score (nSPS) is 22.9. The first-order chi connectivity index (χ1) is 4.61. The fourth-order valence-electron chi connectivity index (χ4n) is 1.30. The molecule has 10 heavy (non-hydrogen) atoms. The Bertz CT molecular complexity index is 188. The summed E-state index contributed by atoms with van der Waals surface area (Å²) in [5.74, 6) is 0. The van der Waals surface area contributed by atoms with Crippen molar-refractivity contribution in [3.8, 4) is 0 Å². The summed E-state index contributed by atoms with van der Waals surface area (Å²) in [6.45, 7) is 0. The molecule has 1 atom stereocenters. The Kier molecular flexibility index (Phi) is 2.34. The van der Waals surface area contributed by atoms with Crippen molar-refractivity contribution in [2.45, 2.75) is 30.9 Å². The molecule has 0 amide bonds. The van der Waals surface area contributed by atoms with Crippen LogP contribution in [-0.2, 0) is 9.84 Å². The molecule has 1 aliphatic carbocycles. The highest BCUT2D eigenvalue weighted by Crippen LogP contribution is 2.21. The van der Waals surface area contributed by atoms with E-state index in [0.717, 1.165) is 25.7 Å². The van der Waals surface area contributed by atoms with Gasteiger partial charge in [-0.2, -0.15) is 0 Å². The molecule has 0 bridgehead atoms. The first kappa shape index (κ1) is 8.05. The molecule has 1 fully saturated rings. The van der Waals surface area contributed by atoms with Crippen molar-refractivity contribution in [1.29, 1.82) is 0 Å². The minimum atomic E-state index is -2.78. The third-order valence-electron chi connectivity index (χ3n) is 1.92. The highest BCUT2D eigenvalue weighted by atomic mass is 32.2. The van der Waals surface area contributed by atoms with Gasteiger partial charge in [0.15, 0.2) is 9.84 Å². The molecule has 1 radical (unpaired) electrons. The van der Waals surface area contributed by atoms with E-state index in [1.165, 1.54) is 6.26 Å². The maximum Gasteiger partial charge on any atom is 0.150 e. The van der Waals surface area contributed by atoms with E-state index < -0.39 is 9.84 Å². The van der Waals surface area contributed by atoms with Crippen LogP contribution in [0.2, 0.25) is 0 Å². The number of hydrogen-bond acceptors (Lipinski definition) is 2. The average molecular weight is 161 g/mol. The van der Waals surface area contributed by atoms with Crippen molar-refractivity contribution < 1.29 is 8.42 Å². The standard InChI is InChI=1S/C7H13O2S/c1-10(8,9)7-5-3-2-4-6-7/h5,7H,2-4,6H2,1H3. The zero-order valence-corrected chi connectivity index (χ0v) is 7.02. The van der Waals surface area contributed by atoms with Crippen molar-refractivity contribution >= 4 is 9.84 Å². The highest BCUT2D eigenvalue weighted by Gasteiger charge is 2.22. The molecule has 2 nitrogen and oxygen atoms in total. The Morgan fingerprint density at radius 1 is 1.40 bits per heavy atom. The topological polar surface area (TPSA) is 34.1 Å². The summed E-state index contributed by atoms with van der Waals surface area (Å²) < 4.78 is 21.9. The molecule has 59 valence electrons. The van der Waals surface area contributed by atoms with Crippen LogP contribution in [0.5, 0.6) is 0 Å². The first-order valence-electron chi connectivity index (χ1n) is 3.63. The lowest BCUT2D eigenvalue weighted by molar-refractivity contribution is 0.548. The van der Waals surface area contributed by atoms with E-state index in [1.807, 2.05) is 6.42 Å². The van der Waals surface area contributed by atoms with Crippen LogP contribution in [0.3, 0.4) is 0 Å². The maximum atomic E-state index is 11.0. The Morgan fingerprint density at radius 3 is 2.40 bits per heavy atom. The predicted molar refractivity (Wildman–Crippen MR) is 41.4 cm³/mol. The van der Waals surface area contributed by atoms with Gasteiger partial charge in [0.2, 0.25) is 0 Å². The summed E-state index contributed by atoms with van der Waals surface area (Å²) >= 11 is 0. The second-order valence-electron chi connectivity index (χ2n) is 2.89. The van der Waals surface area contributed by atoms with Gasteiger partial charge >= 0.3 is 0 Å². The van der Waals surface area contributed by atoms with Gasteiger partial charge < -0.3 is 0 Å². The third-order valence-corrected chi connectivity index (χ3v) is 3.45. The molecular weight excluding hydrogens is 148 g/mol. The van der Waals surface area contributed by atoms with E-state index in [0.29, 0.717) is 0 Å². The lowest BCUT2D eigenvalue weighted by Gasteiger charge is -2.18. The van der Waals surface area contributed by atoms with Crippen LogP contribution in [0.25, 0.3) is 0 Å². The van der Waals surface area contributed by atoms with Gasteiger partial charge in [0.25, 0.3) is 0 Å². The molecule has 0 saturated heterocycles. The van der Waals surface area contributed by atoms with Crippen LogP contribution in [-0.4, -0.2) is 19.9 Å². The molecule has 0 aliphatic heterocycles. The molecule has 0 aromatic heterocycles. The summed E-state index contributed by atoms with van der Waals surface area (Å²) in [5, 5.41) is -0.152. The van der Waals surface area contributed by atoms with Gasteiger partial charge in [-0.25, -0.2) is 8.42 Å². The fourth-order valence-corrected chi connectivity index (χ4v) is 2.38. The van der Waals surface area contributed by atoms with E-state index in [2.05, 4.69) is 0 Å². The van der Waals surface area contributed by atoms with Crippen molar-refractivity contribution in [2.75, 3.05) is 6.26 Å². The van der Waals surface area contributed by atoms with Crippen molar-refractivity contribution in [3.63, 3.8) is 0 Å². The van der Waals surface area contributed by atoms with Crippen LogP contribution in [0.4, 0.5) is 0 Å². The largest absolute Gasteiger partial charge is 0.229 e. The first-order valence-corrected chi connectivity index (χ1v) is 5.58. The average Bonchev–Trinajstić information content (AvgIpc) is 1.88. The van der Waals surface area contributed by atoms with Gasteiger partial charge in [0, 0.05) is 6.26 Å². The van der Waals surface area contributed by atoms with Gasteiger partial charge in [-0.3, -0.25) is 0 Å². The smallest absolute Gasteiger partial charge is 0.150 e. The zero-order chi connectivity index (χ0) is 7.61. The second kappa shape index (κ2) is 2.91. The van der Waals surface area contributed by atoms with Gasteiger partial charge in [-0.1, -0.05) is 12.8 Å². The summed E-state index contributed by atoms with van der Waals surface area (Å²) in [6, 6.07) is 0. The van der Waals surface area contributed by atoms with Gasteiger partial charge in [0.1, 0.15) is 0 Å². The van der Waals surface area contributed by atoms with Gasteiger partial charge in [0.05, 0.1) is 5.25 Å². The third kappa shape index (κ3) is 1.97. The predicted octanol–water partition coefficient (Wildman–Crippen LogP) is 1.18. The molecule has 1 saturated carbocycles. The van der Waals surface area contributed by atoms with Crippen LogP contribution in [0.1, 0.15) is 25.7 Å². The summed E-state index contributed by atoms with van der Waals surface area (Å²) in [7, 11) is -2.78. The van der Waals surface area contributed by atoms with E-state index in [4.69, 9.17) is 0 Å². The SMILES string of the molecule is CS(=O)(=O)C1[CH]CCCC1. The molecule has 1 aliphatic rings. The Morgan fingerprint density at radius 2 is 2.10 bits per heavy atom. The minimum absolute atomic E-state index is 0.152. The van der Waals surface area contributed by atoms with Crippen LogP contribution >= 0.6 is 0 Å². The van der Waals surface area contributed by atoms with E-state index in [-0.39, 0.29) is 5.25 Å². The van der Waals surface area contributed by atoms with E-state index in [9.17, 15) is 8.42 Å². The number of hydrogen-bond donors (Lipinski definition) is 0. The molecule has 1 unspecified atom stereocenters. The molecule has 0 N–H and O–H groups in total. The van der Waals surface area contributed by atoms with Crippen LogP contribution in [0.15, 0.2) is 0 Å². The van der Waals surface area contributed by atoms with Gasteiger partial charge in [-0.05, 0) is 19.3 Å². The summed E-state index contributed by atoms with van der Waals surface area (Å²) in [6.07, 6.45) is 7.27. The molecule has 0 heterocycles. The molecule has 1 rings (SSSR count). The lowest BCUT2D eigenvalue weighted by Crippen LogP contribution is -2.22. The molecular formula is C7H13O2S. The number of rotatable bonds is 1. The Balaban J connectivity index is 2.56. The second-order valence-corrected chi connectivity index (χ2v) is 5.15. The molecule has 0 aromatic carbocycles. The van der Waals surface area contributed by atoms with Crippen molar-refractivity contribution in [1.82, 2.24) is 0 Å². The molecule has 0 aromatic rings. The van der Waals surface area contributed by atoms with Gasteiger partial charge in [-0.15, -0.1) is 0 Å². The van der Waals surface area contributed by atoms with E-state index in [1.54, 1.807) is 0 Å². The number of sulfone groups is 1. The van der Waals surface area contributed by atoms with Crippen LogP contribution < -0.4 is 0 Å². The van der Waals surface area contributed by atoms with Crippen LogP contribution in [0, 0.1) is 6.42 Å². The highest BCUT2D eigenvalue weighted by molar-refractivity contribution is 7.91. The monoisotopic (exact) mass is 161 g/mol. The van der Waals surface area contributed by atoms with E-state index >= 15 is 0 Å². The molecule has 3 heteroatoms. The fraction of sp³-hybridized carbons (Fsp3) is 0.857. The molecule has 0 spiro atoms. The maximum absolute atomic E-state index is 11.0. The van der Waals surface area contributed by atoms with Crippen molar-refractivity contribution in [3.05, 3.63) is 6.42 Å². The van der Waals surface area contributed by atoms with Crippen molar-refractivity contribution in [2.24, 2.45) is 0 Å².